The average molecular weight is 232 g/mol. The Labute approximate surface area is 100 Å². The van der Waals surface area contributed by atoms with Gasteiger partial charge in [0.2, 0.25) is 5.78 Å². The fourth-order valence-electron chi connectivity index (χ4n) is 1.88. The van der Waals surface area contributed by atoms with Gasteiger partial charge in [0.25, 0.3) is 0 Å². The number of rotatable bonds is 5. The summed E-state index contributed by atoms with van der Waals surface area (Å²) >= 11 is 0. The van der Waals surface area contributed by atoms with Crippen molar-refractivity contribution in [3.63, 3.8) is 0 Å². The largest absolute Gasteiger partial charge is 0.453 e. The third-order valence-corrected chi connectivity index (χ3v) is 2.80. The molecule has 90 valence electrons. The highest BCUT2D eigenvalue weighted by molar-refractivity contribution is 6.00. The van der Waals surface area contributed by atoms with E-state index >= 15 is 0 Å². The van der Waals surface area contributed by atoms with E-state index in [1.807, 2.05) is 31.2 Å². The Morgan fingerprint density at radius 2 is 2.18 bits per heavy atom. The van der Waals surface area contributed by atoms with Gasteiger partial charge in [-0.2, -0.15) is 0 Å². The highest BCUT2D eigenvalue weighted by Crippen LogP contribution is 2.21. The van der Waals surface area contributed by atoms with Crippen molar-refractivity contribution in [2.75, 3.05) is 7.11 Å². The SMILES string of the molecule is CCCC(OC)C(=O)c1cc2ccccc2o1. The topological polar surface area (TPSA) is 39.4 Å². The van der Waals surface area contributed by atoms with Crippen LogP contribution in [0, 0.1) is 0 Å². The normalized spacial score (nSPS) is 12.8. The van der Waals surface area contributed by atoms with Crippen LogP contribution in [0.5, 0.6) is 0 Å². The highest BCUT2D eigenvalue weighted by Gasteiger charge is 2.22. The molecule has 0 fully saturated rings. The Kier molecular flexibility index (Phi) is 3.59. The summed E-state index contributed by atoms with van der Waals surface area (Å²) in [6.07, 6.45) is 1.22. The van der Waals surface area contributed by atoms with Crippen LogP contribution in [-0.4, -0.2) is 19.0 Å². The second-order valence-electron chi connectivity index (χ2n) is 4.03. The first-order valence-corrected chi connectivity index (χ1v) is 5.82. The fraction of sp³-hybridized carbons (Fsp3) is 0.357. The Bertz CT molecular complexity index is 480. The van der Waals surface area contributed by atoms with E-state index in [0.717, 1.165) is 17.4 Å². The van der Waals surface area contributed by atoms with E-state index in [9.17, 15) is 4.79 Å². The molecule has 1 unspecified atom stereocenters. The van der Waals surface area contributed by atoms with Crippen molar-refractivity contribution >= 4 is 16.8 Å². The second kappa shape index (κ2) is 5.15. The van der Waals surface area contributed by atoms with Gasteiger partial charge >= 0.3 is 0 Å². The zero-order valence-corrected chi connectivity index (χ0v) is 10.1. The van der Waals surface area contributed by atoms with Crippen LogP contribution in [0.15, 0.2) is 34.7 Å². The lowest BCUT2D eigenvalue weighted by molar-refractivity contribution is 0.0553. The van der Waals surface area contributed by atoms with Crippen LogP contribution >= 0.6 is 0 Å². The summed E-state index contributed by atoms with van der Waals surface area (Å²) < 4.78 is 10.7. The number of Topliss-reactive ketones (excluding diaryl/α,β-unsaturated/α-hetero) is 1. The number of ether oxygens (including phenoxy) is 1. The van der Waals surface area contributed by atoms with Crippen LogP contribution in [-0.2, 0) is 4.74 Å². The third-order valence-electron chi connectivity index (χ3n) is 2.80. The minimum Gasteiger partial charge on any atom is -0.453 e. The smallest absolute Gasteiger partial charge is 0.226 e. The molecular weight excluding hydrogens is 216 g/mol. The van der Waals surface area contributed by atoms with Crippen LogP contribution in [0.25, 0.3) is 11.0 Å². The van der Waals surface area contributed by atoms with E-state index in [4.69, 9.17) is 9.15 Å². The van der Waals surface area contributed by atoms with Gasteiger partial charge in [-0.3, -0.25) is 4.79 Å². The van der Waals surface area contributed by atoms with Crippen LogP contribution < -0.4 is 0 Å². The van der Waals surface area contributed by atoms with E-state index in [1.54, 1.807) is 13.2 Å². The number of fused-ring (bicyclic) bond motifs is 1. The van der Waals surface area contributed by atoms with E-state index in [0.29, 0.717) is 12.2 Å². The molecule has 2 rings (SSSR count). The number of para-hydroxylation sites is 1. The molecule has 0 bridgehead atoms. The minimum absolute atomic E-state index is 0.0782. The van der Waals surface area contributed by atoms with Gasteiger partial charge in [-0.15, -0.1) is 0 Å². The maximum Gasteiger partial charge on any atom is 0.226 e. The standard InChI is InChI=1S/C14H16O3/c1-3-6-12(16-2)14(15)13-9-10-7-4-5-8-11(10)17-13/h4-5,7-9,12H,3,6H2,1-2H3. The molecular formula is C14H16O3. The molecule has 0 radical (unpaired) electrons. The Balaban J connectivity index is 2.29. The van der Waals surface area contributed by atoms with Gasteiger partial charge in [-0.25, -0.2) is 0 Å². The zero-order chi connectivity index (χ0) is 12.3. The average Bonchev–Trinajstić information content (AvgIpc) is 2.78. The van der Waals surface area contributed by atoms with Gasteiger partial charge in [0.1, 0.15) is 11.7 Å². The van der Waals surface area contributed by atoms with Gasteiger partial charge in [0, 0.05) is 12.5 Å². The fourth-order valence-corrected chi connectivity index (χ4v) is 1.88. The Hall–Kier alpha value is -1.61. The zero-order valence-electron chi connectivity index (χ0n) is 10.1. The third kappa shape index (κ3) is 2.39. The number of carbonyl (C=O) groups excluding carboxylic acids is 1. The first-order chi connectivity index (χ1) is 8.26. The molecule has 0 saturated carbocycles. The highest BCUT2D eigenvalue weighted by atomic mass is 16.5. The molecule has 3 nitrogen and oxygen atoms in total. The van der Waals surface area contributed by atoms with Gasteiger partial charge in [0.15, 0.2) is 5.76 Å². The second-order valence-corrected chi connectivity index (χ2v) is 4.03. The summed E-state index contributed by atoms with van der Waals surface area (Å²) in [5.74, 6) is 0.303. The Morgan fingerprint density at radius 1 is 1.41 bits per heavy atom. The molecule has 0 spiro atoms. The van der Waals surface area contributed by atoms with Crippen LogP contribution in [0.2, 0.25) is 0 Å². The molecule has 1 aromatic heterocycles. The lowest BCUT2D eigenvalue weighted by atomic mass is 10.1. The minimum atomic E-state index is -0.402. The van der Waals surface area contributed by atoms with Gasteiger partial charge in [-0.1, -0.05) is 31.5 Å². The lowest BCUT2D eigenvalue weighted by Crippen LogP contribution is -2.22. The number of carbonyl (C=O) groups is 1. The number of ketones is 1. The first-order valence-electron chi connectivity index (χ1n) is 5.82. The van der Waals surface area contributed by atoms with Crippen LogP contribution in [0.3, 0.4) is 0 Å². The molecule has 2 aromatic rings. The maximum absolute atomic E-state index is 12.1. The number of benzene rings is 1. The van der Waals surface area contributed by atoms with Crippen molar-refractivity contribution in [1.29, 1.82) is 0 Å². The molecule has 17 heavy (non-hydrogen) atoms. The molecule has 3 heteroatoms. The maximum atomic E-state index is 12.1. The number of hydrogen-bond acceptors (Lipinski definition) is 3. The van der Waals surface area contributed by atoms with Gasteiger partial charge in [0.05, 0.1) is 0 Å². The molecule has 0 aliphatic heterocycles. The van der Waals surface area contributed by atoms with Crippen LogP contribution in [0.4, 0.5) is 0 Å². The Morgan fingerprint density at radius 3 is 2.82 bits per heavy atom. The van der Waals surface area contributed by atoms with Crippen molar-refractivity contribution in [2.45, 2.75) is 25.9 Å². The molecule has 0 saturated heterocycles. The van der Waals surface area contributed by atoms with E-state index in [2.05, 4.69) is 0 Å². The predicted octanol–water partition coefficient (Wildman–Crippen LogP) is 3.43. The molecule has 1 heterocycles. The van der Waals surface area contributed by atoms with Gasteiger partial charge < -0.3 is 9.15 Å². The lowest BCUT2D eigenvalue weighted by Gasteiger charge is -2.10. The summed E-state index contributed by atoms with van der Waals surface area (Å²) in [5, 5.41) is 0.946. The van der Waals surface area contributed by atoms with Crippen molar-refractivity contribution in [3.8, 4) is 0 Å². The quantitative estimate of drug-likeness (QED) is 0.741. The molecule has 1 atom stereocenters. The summed E-state index contributed by atoms with van der Waals surface area (Å²) in [5.41, 5.74) is 0.738. The van der Waals surface area contributed by atoms with Crippen molar-refractivity contribution in [3.05, 3.63) is 36.1 Å². The summed E-state index contributed by atoms with van der Waals surface area (Å²) in [6.45, 7) is 2.03. The first kappa shape index (κ1) is 11.9. The van der Waals surface area contributed by atoms with E-state index < -0.39 is 6.10 Å². The molecule has 1 aromatic carbocycles. The van der Waals surface area contributed by atoms with Gasteiger partial charge in [-0.05, 0) is 18.6 Å². The molecule has 0 N–H and O–H groups in total. The summed E-state index contributed by atoms with van der Waals surface area (Å²) in [4.78, 5) is 12.1. The number of methoxy groups -OCH3 is 1. The summed E-state index contributed by atoms with van der Waals surface area (Å²) in [6, 6.07) is 9.37. The molecule has 0 aliphatic rings. The summed E-state index contributed by atoms with van der Waals surface area (Å²) in [7, 11) is 1.56. The van der Waals surface area contributed by atoms with E-state index in [1.165, 1.54) is 0 Å². The molecule has 0 amide bonds. The van der Waals surface area contributed by atoms with E-state index in [-0.39, 0.29) is 5.78 Å². The van der Waals surface area contributed by atoms with Crippen molar-refractivity contribution < 1.29 is 13.9 Å². The number of hydrogen-bond donors (Lipinski definition) is 0. The molecule has 0 aliphatic carbocycles. The predicted molar refractivity (Wildman–Crippen MR) is 66.2 cm³/mol. The monoisotopic (exact) mass is 232 g/mol. The van der Waals surface area contributed by atoms with Crippen molar-refractivity contribution in [1.82, 2.24) is 0 Å². The van der Waals surface area contributed by atoms with Crippen molar-refractivity contribution in [2.24, 2.45) is 0 Å². The van der Waals surface area contributed by atoms with Crippen LogP contribution in [0.1, 0.15) is 30.3 Å². The number of furan rings is 1.